The fourth-order valence-corrected chi connectivity index (χ4v) is 4.59. The molecular formula is C18H16N4O2. The molecule has 2 aliphatic rings. The van der Waals surface area contributed by atoms with Gasteiger partial charge in [-0.3, -0.25) is 4.79 Å². The molecular weight excluding hydrogens is 304 g/mol. The summed E-state index contributed by atoms with van der Waals surface area (Å²) >= 11 is 0. The van der Waals surface area contributed by atoms with Crippen LogP contribution in [0.15, 0.2) is 30.3 Å². The second-order valence-corrected chi connectivity index (χ2v) is 6.63. The van der Waals surface area contributed by atoms with Gasteiger partial charge in [0.05, 0.1) is 18.2 Å². The van der Waals surface area contributed by atoms with Crippen molar-refractivity contribution in [1.29, 1.82) is 15.8 Å². The fraction of sp³-hybridized carbons (Fsp3) is 0.444. The minimum absolute atomic E-state index is 0.623. The molecule has 1 aromatic carbocycles. The number of nitriles is 3. The number of hydrogen-bond donors (Lipinski definition) is 2. The van der Waals surface area contributed by atoms with Gasteiger partial charge in [0.1, 0.15) is 5.72 Å². The molecule has 1 saturated heterocycles. The molecule has 0 aromatic heterocycles. The third kappa shape index (κ3) is 1.44. The number of rotatable bonds is 1. The SMILES string of the molecule is C[C@@H]1[C@]2(O)NC(=O)[C@]1(C#N)C(C#N)(C#N)[C@H](c1ccccc1)[C@@H]2C. The number of benzene rings is 1. The molecule has 0 spiro atoms. The van der Waals surface area contributed by atoms with Crippen molar-refractivity contribution in [2.45, 2.75) is 25.5 Å². The molecule has 2 bridgehead atoms. The van der Waals surface area contributed by atoms with Crippen molar-refractivity contribution < 1.29 is 9.90 Å². The molecule has 1 aliphatic carbocycles. The zero-order valence-corrected chi connectivity index (χ0v) is 13.3. The summed E-state index contributed by atoms with van der Waals surface area (Å²) in [6, 6.07) is 14.7. The van der Waals surface area contributed by atoms with Crippen LogP contribution in [0.1, 0.15) is 25.3 Å². The molecule has 1 aliphatic heterocycles. The number of amides is 1. The summed E-state index contributed by atoms with van der Waals surface area (Å²) in [7, 11) is 0. The van der Waals surface area contributed by atoms with E-state index in [0.29, 0.717) is 5.56 Å². The minimum Gasteiger partial charge on any atom is -0.370 e. The number of nitrogens with zero attached hydrogens (tertiary/aromatic N) is 3. The van der Waals surface area contributed by atoms with E-state index in [9.17, 15) is 25.7 Å². The Bertz CT molecular complexity index is 817. The van der Waals surface area contributed by atoms with Crippen LogP contribution < -0.4 is 5.32 Å². The summed E-state index contributed by atoms with van der Waals surface area (Å²) in [6.07, 6.45) is 0. The van der Waals surface area contributed by atoms with Gasteiger partial charge in [-0.15, -0.1) is 0 Å². The number of nitrogens with one attached hydrogen (secondary N) is 1. The number of fused-ring (bicyclic) bond motifs is 2. The first-order valence-electron chi connectivity index (χ1n) is 7.69. The van der Waals surface area contributed by atoms with Crippen LogP contribution in [0, 0.1) is 56.7 Å². The molecule has 0 unspecified atom stereocenters. The first-order valence-corrected chi connectivity index (χ1v) is 7.69. The molecule has 2 N–H and O–H groups in total. The Balaban J connectivity index is 2.40. The molecule has 3 rings (SSSR count). The van der Waals surface area contributed by atoms with Gasteiger partial charge in [0.25, 0.3) is 0 Å². The van der Waals surface area contributed by atoms with Crippen molar-refractivity contribution in [3.63, 3.8) is 0 Å². The Morgan fingerprint density at radius 3 is 2.17 bits per heavy atom. The maximum absolute atomic E-state index is 12.7. The number of carbonyl (C=O) groups excluding carboxylic acids is 1. The molecule has 2 fully saturated rings. The quantitative estimate of drug-likeness (QED) is 0.810. The van der Waals surface area contributed by atoms with Gasteiger partial charge in [-0.2, -0.15) is 15.8 Å². The Morgan fingerprint density at radius 2 is 1.67 bits per heavy atom. The maximum Gasteiger partial charge on any atom is 0.245 e. The lowest BCUT2D eigenvalue weighted by molar-refractivity contribution is -0.135. The summed E-state index contributed by atoms with van der Waals surface area (Å²) in [4.78, 5) is 12.7. The maximum atomic E-state index is 12.7. The van der Waals surface area contributed by atoms with Gasteiger partial charge in [-0.1, -0.05) is 44.2 Å². The van der Waals surface area contributed by atoms with E-state index in [1.165, 1.54) is 0 Å². The van der Waals surface area contributed by atoms with Gasteiger partial charge in [0, 0.05) is 17.8 Å². The van der Waals surface area contributed by atoms with E-state index in [0.717, 1.165) is 0 Å². The van der Waals surface area contributed by atoms with Crippen LogP contribution in [0.3, 0.4) is 0 Å². The summed E-state index contributed by atoms with van der Waals surface area (Å²) in [5.74, 6) is -3.05. The highest BCUT2D eigenvalue weighted by Gasteiger charge is 2.79. The minimum atomic E-state index is -1.93. The first-order chi connectivity index (χ1) is 11.4. The molecule has 1 saturated carbocycles. The zero-order chi connectivity index (χ0) is 17.8. The highest BCUT2D eigenvalue weighted by atomic mass is 16.3. The Morgan fingerprint density at radius 1 is 1.08 bits per heavy atom. The van der Waals surface area contributed by atoms with Gasteiger partial charge in [-0.05, 0) is 5.56 Å². The normalized spacial score (nSPS) is 39.2. The van der Waals surface area contributed by atoms with Crippen molar-refractivity contribution in [3.8, 4) is 18.2 Å². The second-order valence-electron chi connectivity index (χ2n) is 6.63. The lowest BCUT2D eigenvalue weighted by Crippen LogP contribution is -2.62. The lowest BCUT2D eigenvalue weighted by Gasteiger charge is -2.51. The average molecular weight is 320 g/mol. The average Bonchev–Trinajstić information content (AvgIpc) is 2.77. The highest BCUT2D eigenvalue weighted by Crippen LogP contribution is 2.66. The monoisotopic (exact) mass is 320 g/mol. The van der Waals surface area contributed by atoms with Crippen molar-refractivity contribution in [2.75, 3.05) is 0 Å². The molecule has 24 heavy (non-hydrogen) atoms. The predicted molar refractivity (Wildman–Crippen MR) is 82.3 cm³/mol. The molecule has 6 nitrogen and oxygen atoms in total. The summed E-state index contributed by atoms with van der Waals surface area (Å²) in [5, 5.41) is 43.3. The zero-order valence-electron chi connectivity index (χ0n) is 13.3. The topological polar surface area (TPSA) is 121 Å². The fourth-order valence-electron chi connectivity index (χ4n) is 4.59. The Hall–Kier alpha value is -2.88. The largest absolute Gasteiger partial charge is 0.370 e. The summed E-state index contributed by atoms with van der Waals surface area (Å²) in [5.41, 5.74) is -4.83. The third-order valence-corrected chi connectivity index (χ3v) is 5.95. The predicted octanol–water partition coefficient (Wildman–Crippen LogP) is 1.42. The van der Waals surface area contributed by atoms with Crippen LogP contribution >= 0.6 is 0 Å². The van der Waals surface area contributed by atoms with Crippen LogP contribution in [0.25, 0.3) is 0 Å². The van der Waals surface area contributed by atoms with Gasteiger partial charge < -0.3 is 10.4 Å². The number of aliphatic hydroxyl groups is 1. The second kappa shape index (κ2) is 4.81. The van der Waals surface area contributed by atoms with E-state index in [4.69, 9.17) is 0 Å². The third-order valence-electron chi connectivity index (χ3n) is 5.95. The summed E-state index contributed by atoms with van der Waals surface area (Å²) < 4.78 is 0. The van der Waals surface area contributed by atoms with Crippen molar-refractivity contribution in [3.05, 3.63) is 35.9 Å². The molecule has 120 valence electrons. The van der Waals surface area contributed by atoms with Crippen LogP contribution in [0.2, 0.25) is 0 Å². The molecule has 1 heterocycles. The van der Waals surface area contributed by atoms with Crippen molar-refractivity contribution in [1.82, 2.24) is 5.32 Å². The first kappa shape index (κ1) is 16.0. The number of carbonyl (C=O) groups is 1. The van der Waals surface area contributed by atoms with E-state index in [-0.39, 0.29) is 0 Å². The van der Waals surface area contributed by atoms with Gasteiger partial charge >= 0.3 is 0 Å². The van der Waals surface area contributed by atoms with E-state index in [2.05, 4.69) is 5.32 Å². The molecule has 6 heteroatoms. The summed E-state index contributed by atoms with van der Waals surface area (Å²) in [6.45, 7) is 3.24. The lowest BCUT2D eigenvalue weighted by atomic mass is 9.45. The molecule has 1 aromatic rings. The highest BCUT2D eigenvalue weighted by molar-refractivity contribution is 5.92. The van der Waals surface area contributed by atoms with Gasteiger partial charge in [0.2, 0.25) is 5.91 Å². The van der Waals surface area contributed by atoms with E-state index in [1.54, 1.807) is 44.2 Å². The van der Waals surface area contributed by atoms with Crippen LogP contribution in [-0.4, -0.2) is 16.7 Å². The molecule has 5 atom stereocenters. The Kier molecular flexibility index (Phi) is 3.20. The Labute approximate surface area is 139 Å². The van der Waals surface area contributed by atoms with E-state index >= 15 is 0 Å². The van der Waals surface area contributed by atoms with Crippen LogP contribution in [0.5, 0.6) is 0 Å². The van der Waals surface area contributed by atoms with Crippen molar-refractivity contribution in [2.24, 2.45) is 22.7 Å². The smallest absolute Gasteiger partial charge is 0.245 e. The van der Waals surface area contributed by atoms with Crippen LogP contribution in [0.4, 0.5) is 0 Å². The van der Waals surface area contributed by atoms with Gasteiger partial charge in [-0.25, -0.2) is 0 Å². The van der Waals surface area contributed by atoms with Gasteiger partial charge in [0.15, 0.2) is 10.8 Å². The standard InChI is InChI=1S/C18H16N4O2/c1-11-14(13-6-4-3-5-7-13)16(8-19,9-20)17(10-21)12(2)18(11,24)22-15(17)23/h3-7,11-12,14,24H,1-2H3,(H,22,23)/t11-,12-,14-,17+,18-/m0/s1. The van der Waals surface area contributed by atoms with Crippen LogP contribution in [-0.2, 0) is 4.79 Å². The number of hydrogen-bond acceptors (Lipinski definition) is 5. The van der Waals surface area contributed by atoms with E-state index in [1.807, 2.05) is 18.2 Å². The van der Waals surface area contributed by atoms with E-state index < -0.39 is 40.2 Å². The van der Waals surface area contributed by atoms with Crippen molar-refractivity contribution >= 4 is 5.91 Å². The molecule has 1 amide bonds. The molecule has 0 radical (unpaired) electrons.